The summed E-state index contributed by atoms with van der Waals surface area (Å²) < 4.78 is 0. The third-order valence-corrected chi connectivity index (χ3v) is 2.65. The summed E-state index contributed by atoms with van der Waals surface area (Å²) in [6.45, 7) is 2.92. The van der Waals surface area contributed by atoms with Crippen LogP contribution in [-0.2, 0) is 12.8 Å². The predicted octanol–water partition coefficient (Wildman–Crippen LogP) is 1.42. The van der Waals surface area contributed by atoms with E-state index in [1.165, 1.54) is 11.1 Å². The largest absolute Gasteiger partial charge is 0.383 e. The van der Waals surface area contributed by atoms with Gasteiger partial charge in [0, 0.05) is 12.6 Å². The standard InChI is InChI=1S/C12H15N3/c1-8(14)4-9-5-10-2-3-15-12(10)11(6-9)7-13/h5-6,8,15H,2-4,14H2,1H3. The molecule has 1 aliphatic heterocycles. The second-order valence-electron chi connectivity index (χ2n) is 4.15. The third kappa shape index (κ3) is 1.95. The number of anilines is 1. The topological polar surface area (TPSA) is 61.8 Å². The number of hydrogen-bond donors (Lipinski definition) is 2. The molecule has 0 fully saturated rings. The van der Waals surface area contributed by atoms with E-state index in [1.807, 2.05) is 13.0 Å². The van der Waals surface area contributed by atoms with Crippen molar-refractivity contribution >= 4 is 5.69 Å². The van der Waals surface area contributed by atoms with E-state index in [1.54, 1.807) is 0 Å². The summed E-state index contributed by atoms with van der Waals surface area (Å²) in [4.78, 5) is 0. The highest BCUT2D eigenvalue weighted by molar-refractivity contribution is 5.66. The molecule has 3 heteroatoms. The Kier molecular flexibility index (Phi) is 2.61. The molecule has 1 aromatic rings. The number of nitrogens with zero attached hydrogens (tertiary/aromatic N) is 1. The van der Waals surface area contributed by atoms with Gasteiger partial charge in [0.15, 0.2) is 0 Å². The van der Waals surface area contributed by atoms with Crippen molar-refractivity contribution in [3.05, 3.63) is 28.8 Å². The average molecular weight is 201 g/mol. The molecule has 1 aromatic carbocycles. The number of hydrogen-bond acceptors (Lipinski definition) is 3. The minimum atomic E-state index is 0.143. The van der Waals surface area contributed by atoms with Crippen molar-refractivity contribution in [2.45, 2.75) is 25.8 Å². The Balaban J connectivity index is 2.40. The van der Waals surface area contributed by atoms with Gasteiger partial charge in [-0.05, 0) is 37.0 Å². The zero-order chi connectivity index (χ0) is 10.8. The first kappa shape index (κ1) is 10.0. The first-order valence-electron chi connectivity index (χ1n) is 5.26. The first-order valence-corrected chi connectivity index (χ1v) is 5.26. The van der Waals surface area contributed by atoms with Gasteiger partial charge in [0.1, 0.15) is 6.07 Å². The van der Waals surface area contributed by atoms with E-state index >= 15 is 0 Å². The van der Waals surface area contributed by atoms with Gasteiger partial charge in [-0.1, -0.05) is 6.07 Å². The zero-order valence-electron chi connectivity index (χ0n) is 8.88. The fourth-order valence-corrected chi connectivity index (χ4v) is 2.07. The van der Waals surface area contributed by atoms with Crippen molar-refractivity contribution in [1.82, 2.24) is 0 Å². The van der Waals surface area contributed by atoms with Crippen LogP contribution in [0.3, 0.4) is 0 Å². The summed E-state index contributed by atoms with van der Waals surface area (Å²) in [6, 6.07) is 6.49. The van der Waals surface area contributed by atoms with Crippen molar-refractivity contribution in [3.8, 4) is 6.07 Å². The molecule has 3 N–H and O–H groups in total. The number of benzene rings is 1. The lowest BCUT2D eigenvalue weighted by Crippen LogP contribution is -2.17. The summed E-state index contributed by atoms with van der Waals surface area (Å²) in [7, 11) is 0. The molecule has 0 saturated heterocycles. The first-order chi connectivity index (χ1) is 7.20. The molecule has 3 nitrogen and oxygen atoms in total. The molecular weight excluding hydrogens is 186 g/mol. The minimum Gasteiger partial charge on any atom is -0.383 e. The molecular formula is C12H15N3. The molecule has 0 bridgehead atoms. The summed E-state index contributed by atoms with van der Waals surface area (Å²) in [6.07, 6.45) is 1.85. The van der Waals surface area contributed by atoms with E-state index in [2.05, 4.69) is 17.5 Å². The highest BCUT2D eigenvalue weighted by atomic mass is 14.9. The second kappa shape index (κ2) is 3.92. The summed E-state index contributed by atoms with van der Waals surface area (Å²) in [5.41, 5.74) is 9.96. The Labute approximate surface area is 89.9 Å². The minimum absolute atomic E-state index is 0.143. The van der Waals surface area contributed by atoms with E-state index in [0.29, 0.717) is 0 Å². The fourth-order valence-electron chi connectivity index (χ4n) is 2.07. The van der Waals surface area contributed by atoms with Crippen LogP contribution in [0.1, 0.15) is 23.6 Å². The molecule has 1 atom stereocenters. The maximum Gasteiger partial charge on any atom is 0.101 e. The van der Waals surface area contributed by atoms with Gasteiger partial charge < -0.3 is 11.1 Å². The van der Waals surface area contributed by atoms with Crippen LogP contribution >= 0.6 is 0 Å². The van der Waals surface area contributed by atoms with Crippen LogP contribution in [0.25, 0.3) is 0 Å². The molecule has 1 aliphatic rings. The quantitative estimate of drug-likeness (QED) is 0.760. The maximum atomic E-state index is 9.04. The molecule has 0 radical (unpaired) electrons. The number of fused-ring (bicyclic) bond motifs is 1. The van der Waals surface area contributed by atoms with E-state index in [0.717, 1.165) is 30.6 Å². The molecule has 2 rings (SSSR count). The van der Waals surface area contributed by atoms with E-state index in [-0.39, 0.29) is 6.04 Å². The van der Waals surface area contributed by atoms with Gasteiger partial charge in [-0.2, -0.15) is 5.26 Å². The highest BCUT2D eigenvalue weighted by Gasteiger charge is 2.15. The summed E-state index contributed by atoms with van der Waals surface area (Å²) >= 11 is 0. The van der Waals surface area contributed by atoms with Crippen molar-refractivity contribution in [3.63, 3.8) is 0 Å². The summed E-state index contributed by atoms with van der Waals surface area (Å²) in [5.74, 6) is 0. The second-order valence-corrected chi connectivity index (χ2v) is 4.15. The lowest BCUT2D eigenvalue weighted by Gasteiger charge is -2.09. The SMILES string of the molecule is CC(N)Cc1cc(C#N)c2c(c1)CCN2. The normalized spacial score (nSPS) is 15.3. The molecule has 15 heavy (non-hydrogen) atoms. The lowest BCUT2D eigenvalue weighted by molar-refractivity contribution is 0.737. The van der Waals surface area contributed by atoms with Gasteiger partial charge in [0.2, 0.25) is 0 Å². The zero-order valence-corrected chi connectivity index (χ0v) is 8.88. The van der Waals surface area contributed by atoms with Gasteiger partial charge in [-0.15, -0.1) is 0 Å². The van der Waals surface area contributed by atoms with Crippen LogP contribution in [0.15, 0.2) is 12.1 Å². The van der Waals surface area contributed by atoms with Crippen molar-refractivity contribution < 1.29 is 0 Å². The molecule has 0 aliphatic carbocycles. The Bertz CT molecular complexity index is 416. The van der Waals surface area contributed by atoms with E-state index < -0.39 is 0 Å². The molecule has 0 aromatic heterocycles. The molecule has 0 spiro atoms. The number of nitrogens with two attached hydrogens (primary N) is 1. The Morgan fingerprint density at radius 3 is 3.07 bits per heavy atom. The molecule has 78 valence electrons. The average Bonchev–Trinajstić information content (AvgIpc) is 2.63. The van der Waals surface area contributed by atoms with Gasteiger partial charge >= 0.3 is 0 Å². The number of nitriles is 1. The van der Waals surface area contributed by atoms with Crippen molar-refractivity contribution in [1.29, 1.82) is 5.26 Å². The van der Waals surface area contributed by atoms with Gasteiger partial charge in [0.25, 0.3) is 0 Å². The number of nitrogens with one attached hydrogen (secondary N) is 1. The fraction of sp³-hybridized carbons (Fsp3) is 0.417. The lowest BCUT2D eigenvalue weighted by atomic mass is 9.99. The molecule has 0 amide bonds. The van der Waals surface area contributed by atoms with E-state index in [4.69, 9.17) is 11.0 Å². The predicted molar refractivity (Wildman–Crippen MR) is 60.7 cm³/mol. The van der Waals surface area contributed by atoms with Crippen LogP contribution in [0, 0.1) is 11.3 Å². The summed E-state index contributed by atoms with van der Waals surface area (Å²) in [5, 5.41) is 12.3. The van der Waals surface area contributed by atoms with Crippen LogP contribution in [0.2, 0.25) is 0 Å². The molecule has 0 saturated carbocycles. The Morgan fingerprint density at radius 2 is 2.40 bits per heavy atom. The molecule has 1 heterocycles. The van der Waals surface area contributed by atoms with Crippen LogP contribution in [0.4, 0.5) is 5.69 Å². The molecule has 1 unspecified atom stereocenters. The van der Waals surface area contributed by atoms with Crippen molar-refractivity contribution in [2.24, 2.45) is 5.73 Å². The maximum absolute atomic E-state index is 9.04. The highest BCUT2D eigenvalue weighted by Crippen LogP contribution is 2.28. The third-order valence-electron chi connectivity index (χ3n) is 2.65. The number of rotatable bonds is 2. The van der Waals surface area contributed by atoms with Gasteiger partial charge in [-0.25, -0.2) is 0 Å². The van der Waals surface area contributed by atoms with Gasteiger partial charge in [-0.3, -0.25) is 0 Å². The Hall–Kier alpha value is -1.53. The smallest absolute Gasteiger partial charge is 0.101 e. The van der Waals surface area contributed by atoms with Crippen LogP contribution in [0.5, 0.6) is 0 Å². The van der Waals surface area contributed by atoms with Gasteiger partial charge in [0.05, 0.1) is 11.3 Å². The van der Waals surface area contributed by atoms with Crippen LogP contribution in [-0.4, -0.2) is 12.6 Å². The monoisotopic (exact) mass is 201 g/mol. The van der Waals surface area contributed by atoms with Crippen LogP contribution < -0.4 is 11.1 Å². The van der Waals surface area contributed by atoms with Crippen molar-refractivity contribution in [2.75, 3.05) is 11.9 Å². The van der Waals surface area contributed by atoms with E-state index in [9.17, 15) is 0 Å². The Morgan fingerprint density at radius 1 is 1.60 bits per heavy atom.